The van der Waals surface area contributed by atoms with Crippen LogP contribution in [0.5, 0.6) is 5.75 Å². The summed E-state index contributed by atoms with van der Waals surface area (Å²) >= 11 is 1.16. The van der Waals surface area contributed by atoms with E-state index in [2.05, 4.69) is 25.6 Å². The number of benzene rings is 1. The van der Waals surface area contributed by atoms with E-state index in [1.165, 1.54) is 37.4 Å². The maximum absolute atomic E-state index is 13.7. The van der Waals surface area contributed by atoms with Crippen molar-refractivity contribution in [3.05, 3.63) is 69.3 Å². The monoisotopic (exact) mass is 706 g/mol. The fourth-order valence-electron chi connectivity index (χ4n) is 5.74. The van der Waals surface area contributed by atoms with Crippen LogP contribution in [-0.2, 0) is 28.7 Å². The lowest BCUT2D eigenvalue weighted by Crippen LogP contribution is -2.71. The van der Waals surface area contributed by atoms with Gasteiger partial charge >= 0.3 is 11.9 Å². The van der Waals surface area contributed by atoms with E-state index in [1.54, 1.807) is 4.90 Å². The molecule has 2 saturated heterocycles. The number of piperazine rings is 1. The van der Waals surface area contributed by atoms with E-state index >= 15 is 0 Å². The van der Waals surface area contributed by atoms with Crippen LogP contribution in [0.2, 0.25) is 0 Å². The summed E-state index contributed by atoms with van der Waals surface area (Å²) in [5.41, 5.74) is -0.786. The van der Waals surface area contributed by atoms with Crippen molar-refractivity contribution in [2.75, 3.05) is 43.4 Å². The summed E-state index contributed by atoms with van der Waals surface area (Å²) < 4.78 is 4.94. The standard InChI is InChI=1S/C31H30N8O10S/c1-15(41)49-12-17-13-50-29-22(28(46)39(29)23(17)30(47)48)35-27(45)21(16-2-4-18(42)5-3-16)34-26(44)20-11-32-25-19(24(20)43)10-33-31(36-25)38-8-6-37(14-40)7-9-38/h2-5,10-11,14,21-22,29,42H,6-9,12-13H2,1H3,(H,34,44)(H,35,45)(H,47,48)(H,32,33,36,43)/t21-,22?,29-/m1/s1. The van der Waals surface area contributed by atoms with Gasteiger partial charge in [-0.3, -0.25) is 33.7 Å². The topological polar surface area (TPSA) is 245 Å². The van der Waals surface area contributed by atoms with Crippen molar-refractivity contribution in [3.8, 4) is 5.75 Å². The number of thioether (sulfide) groups is 1. The molecule has 0 bridgehead atoms. The number of carbonyl (C=O) groups excluding carboxylic acids is 5. The predicted molar refractivity (Wildman–Crippen MR) is 175 cm³/mol. The lowest BCUT2D eigenvalue weighted by Gasteiger charge is -2.49. The number of carboxylic acid groups (broad SMARTS) is 1. The number of carboxylic acids is 1. The first-order valence-corrected chi connectivity index (χ1v) is 16.3. The lowest BCUT2D eigenvalue weighted by molar-refractivity contribution is -0.151. The van der Waals surface area contributed by atoms with Crippen molar-refractivity contribution in [3.63, 3.8) is 0 Å². The third-order valence-corrected chi connectivity index (χ3v) is 9.71. The van der Waals surface area contributed by atoms with Gasteiger partial charge in [-0.05, 0) is 17.7 Å². The lowest BCUT2D eigenvalue weighted by atomic mass is 10.0. The fourth-order valence-corrected chi connectivity index (χ4v) is 7.07. The number of phenolic OH excluding ortho intramolecular Hbond substituents is 1. The van der Waals surface area contributed by atoms with Crippen molar-refractivity contribution in [2.45, 2.75) is 24.4 Å². The quantitative estimate of drug-likeness (QED) is 0.0973. The molecule has 2 aromatic heterocycles. The normalized spacial score (nSPS) is 19.3. The van der Waals surface area contributed by atoms with Crippen LogP contribution < -0.4 is 21.0 Å². The number of phenols is 1. The van der Waals surface area contributed by atoms with Crippen molar-refractivity contribution >= 4 is 64.8 Å². The number of hydrogen-bond donors (Lipinski definition) is 5. The smallest absolute Gasteiger partial charge is 0.352 e. The molecule has 260 valence electrons. The Morgan fingerprint density at radius 3 is 2.52 bits per heavy atom. The number of nitrogens with one attached hydrogen (secondary N) is 3. The molecule has 0 saturated carbocycles. The zero-order valence-electron chi connectivity index (χ0n) is 26.3. The Morgan fingerprint density at radius 1 is 1.14 bits per heavy atom. The molecule has 0 radical (unpaired) electrons. The maximum atomic E-state index is 13.7. The highest BCUT2D eigenvalue weighted by atomic mass is 32.2. The summed E-state index contributed by atoms with van der Waals surface area (Å²) in [5.74, 6) is -4.18. The number of aliphatic carboxylic acids is 1. The zero-order valence-corrected chi connectivity index (χ0v) is 27.1. The molecule has 6 rings (SSSR count). The molecule has 18 nitrogen and oxygen atoms in total. The van der Waals surface area contributed by atoms with Crippen LogP contribution in [0.25, 0.3) is 11.0 Å². The van der Waals surface area contributed by atoms with Gasteiger partial charge in [-0.2, -0.15) is 4.98 Å². The van der Waals surface area contributed by atoms with Crippen molar-refractivity contribution in [1.29, 1.82) is 0 Å². The van der Waals surface area contributed by atoms with E-state index in [0.29, 0.717) is 32.1 Å². The van der Waals surface area contributed by atoms with Gasteiger partial charge in [-0.25, -0.2) is 9.78 Å². The predicted octanol–water partition coefficient (Wildman–Crippen LogP) is -0.925. The minimum atomic E-state index is -1.45. The number of fused-ring (bicyclic) bond motifs is 2. The van der Waals surface area contributed by atoms with Crippen LogP contribution in [0.3, 0.4) is 0 Å². The molecule has 0 aliphatic carbocycles. The number of β-lactam (4-membered cyclic amide) rings is 1. The molecule has 5 heterocycles. The highest BCUT2D eigenvalue weighted by Gasteiger charge is 2.54. The van der Waals surface area contributed by atoms with Gasteiger partial charge in [0.05, 0.1) is 5.39 Å². The number of amides is 4. The Kier molecular flexibility index (Phi) is 9.40. The summed E-state index contributed by atoms with van der Waals surface area (Å²) in [6.45, 7) is 2.82. The summed E-state index contributed by atoms with van der Waals surface area (Å²) in [7, 11) is 0. The Balaban J connectivity index is 1.21. The largest absolute Gasteiger partial charge is 0.508 e. The van der Waals surface area contributed by atoms with Gasteiger partial charge in [0.15, 0.2) is 0 Å². The number of hydrogen-bond acceptors (Lipinski definition) is 13. The number of aromatic amines is 1. The number of pyridine rings is 1. The highest BCUT2D eigenvalue weighted by molar-refractivity contribution is 8.00. The Hall–Kier alpha value is -5.98. The molecule has 3 atom stereocenters. The molecule has 1 aromatic carbocycles. The molecule has 19 heteroatoms. The highest BCUT2D eigenvalue weighted by Crippen LogP contribution is 2.40. The van der Waals surface area contributed by atoms with E-state index in [9.17, 15) is 43.8 Å². The molecule has 3 aliphatic heterocycles. The van der Waals surface area contributed by atoms with Gasteiger partial charge in [-0.1, -0.05) is 12.1 Å². The summed E-state index contributed by atoms with van der Waals surface area (Å²) in [6, 6.07) is 2.73. The Bertz CT molecular complexity index is 1990. The molecule has 0 spiro atoms. The van der Waals surface area contributed by atoms with Crippen LogP contribution in [-0.4, -0.2) is 121 Å². The number of aromatic hydroxyl groups is 1. The second kappa shape index (κ2) is 13.9. The minimum Gasteiger partial charge on any atom is -0.508 e. The molecule has 1 unspecified atom stereocenters. The number of ether oxygens (including phenoxy) is 1. The molecule has 2 fully saturated rings. The zero-order chi connectivity index (χ0) is 35.7. The third-order valence-electron chi connectivity index (χ3n) is 8.37. The number of esters is 1. The van der Waals surface area contributed by atoms with Gasteiger partial charge in [0.2, 0.25) is 23.7 Å². The van der Waals surface area contributed by atoms with Crippen LogP contribution in [0.15, 0.2) is 52.7 Å². The van der Waals surface area contributed by atoms with Crippen LogP contribution in [0.1, 0.15) is 28.9 Å². The number of aromatic nitrogens is 3. The van der Waals surface area contributed by atoms with Crippen LogP contribution in [0.4, 0.5) is 5.95 Å². The van der Waals surface area contributed by atoms with Crippen LogP contribution >= 0.6 is 11.8 Å². The van der Waals surface area contributed by atoms with E-state index in [-0.39, 0.29) is 51.5 Å². The molecule has 4 amide bonds. The van der Waals surface area contributed by atoms with Crippen LogP contribution in [0, 0.1) is 0 Å². The molecular formula is C31H30N8O10S. The van der Waals surface area contributed by atoms with Gasteiger partial charge in [0.1, 0.15) is 46.7 Å². The number of nitrogens with zero attached hydrogens (tertiary/aromatic N) is 5. The number of rotatable bonds is 10. The first kappa shape index (κ1) is 33.9. The second-order valence-electron chi connectivity index (χ2n) is 11.5. The summed E-state index contributed by atoms with van der Waals surface area (Å²) in [4.78, 5) is 104. The van der Waals surface area contributed by atoms with E-state index < -0.39 is 52.5 Å². The van der Waals surface area contributed by atoms with Gasteiger partial charge in [-0.15, -0.1) is 11.8 Å². The average molecular weight is 707 g/mol. The molecular weight excluding hydrogens is 676 g/mol. The van der Waals surface area contributed by atoms with E-state index in [1.807, 2.05) is 4.90 Å². The summed E-state index contributed by atoms with van der Waals surface area (Å²) in [6.07, 6.45) is 3.22. The molecule has 5 N–H and O–H groups in total. The van der Waals surface area contributed by atoms with E-state index in [4.69, 9.17) is 4.74 Å². The van der Waals surface area contributed by atoms with Crippen molar-refractivity contribution < 1.29 is 43.7 Å². The number of anilines is 1. The average Bonchev–Trinajstić information content (AvgIpc) is 3.11. The first-order valence-electron chi connectivity index (χ1n) is 15.2. The maximum Gasteiger partial charge on any atom is 0.352 e. The van der Waals surface area contributed by atoms with E-state index in [0.717, 1.165) is 29.3 Å². The van der Waals surface area contributed by atoms with Gasteiger partial charge in [0, 0.05) is 56.8 Å². The summed E-state index contributed by atoms with van der Waals surface area (Å²) in [5, 5.41) is 24.0. The second-order valence-corrected chi connectivity index (χ2v) is 12.6. The van der Waals surface area contributed by atoms with Crippen molar-refractivity contribution in [2.24, 2.45) is 0 Å². The van der Waals surface area contributed by atoms with Crippen molar-refractivity contribution in [1.82, 2.24) is 35.4 Å². The van der Waals surface area contributed by atoms with Gasteiger partial charge in [0.25, 0.3) is 11.8 Å². The number of carbonyl (C=O) groups is 6. The first-order chi connectivity index (χ1) is 24.0. The molecule has 3 aliphatic rings. The molecule has 3 aromatic rings. The van der Waals surface area contributed by atoms with Gasteiger partial charge < -0.3 is 40.4 Å². The Morgan fingerprint density at radius 2 is 1.86 bits per heavy atom. The number of H-pyrrole nitrogens is 1. The Labute approximate surface area is 286 Å². The molecule has 50 heavy (non-hydrogen) atoms. The third kappa shape index (κ3) is 6.53. The SMILES string of the molecule is CC(=O)OCC1=C(C(=O)O)N2C(=O)C(NC(=O)[C@H](NC(=O)c3c[nH]c4nc(N5CCN(C=O)CC5)ncc4c3=O)c3ccc(O)cc3)[C@H]2SC1. The minimum absolute atomic E-state index is 0.0170. The fraction of sp³-hybridized carbons (Fsp3) is 0.323.